The average Bonchev–Trinajstić information content (AvgIpc) is 2.72. The van der Waals surface area contributed by atoms with E-state index in [2.05, 4.69) is 0 Å². The SMILES string of the molecule is OC(CC(F)(F)C(F)(F)C(F)(F)C(F)(F)C(F)(F)C(F)(F)F)(c1ccccc1)c1cccc(F)c1. The topological polar surface area (TPSA) is 20.2 Å². The number of halogens is 14. The summed E-state index contributed by atoms with van der Waals surface area (Å²) in [5.41, 5.74) is -5.29. The van der Waals surface area contributed by atoms with Crippen LogP contribution in [0.2, 0.25) is 0 Å². The van der Waals surface area contributed by atoms with E-state index in [0.717, 1.165) is 30.3 Å². The third kappa shape index (κ3) is 4.42. The average molecular weight is 534 g/mol. The fourth-order valence-corrected chi connectivity index (χ4v) is 3.06. The Kier molecular flexibility index (Phi) is 6.98. The van der Waals surface area contributed by atoms with E-state index < -0.39 is 64.8 Å². The minimum absolute atomic E-state index is 0.297. The molecule has 0 spiro atoms. The lowest BCUT2D eigenvalue weighted by molar-refractivity contribution is -0.441. The molecule has 196 valence electrons. The van der Waals surface area contributed by atoms with Gasteiger partial charge in [-0.25, -0.2) is 4.39 Å². The van der Waals surface area contributed by atoms with Gasteiger partial charge in [-0.3, -0.25) is 0 Å². The molecule has 0 aliphatic carbocycles. The van der Waals surface area contributed by atoms with Crippen LogP contribution in [0.5, 0.6) is 0 Å². The number of aliphatic hydroxyl groups is 1. The van der Waals surface area contributed by atoms with Crippen molar-refractivity contribution in [1.82, 2.24) is 0 Å². The maximum absolute atomic E-state index is 14.5. The first kappa shape index (κ1) is 28.7. The first-order valence-electron chi connectivity index (χ1n) is 9.06. The number of rotatable bonds is 8. The lowest BCUT2D eigenvalue weighted by Crippen LogP contribution is -2.70. The minimum atomic E-state index is -8.06. The summed E-state index contributed by atoms with van der Waals surface area (Å²) in [4.78, 5) is 0. The fraction of sp³-hybridized carbons (Fsp3) is 0.400. The molecule has 1 unspecified atom stereocenters. The lowest BCUT2D eigenvalue weighted by Gasteiger charge is -2.42. The van der Waals surface area contributed by atoms with Gasteiger partial charge in [0.25, 0.3) is 0 Å². The monoisotopic (exact) mass is 534 g/mol. The van der Waals surface area contributed by atoms with E-state index >= 15 is 0 Å². The van der Waals surface area contributed by atoms with Gasteiger partial charge in [-0.15, -0.1) is 0 Å². The van der Waals surface area contributed by atoms with Gasteiger partial charge in [-0.1, -0.05) is 42.5 Å². The highest BCUT2D eigenvalue weighted by Crippen LogP contribution is 2.61. The minimum Gasteiger partial charge on any atom is -0.380 e. The Morgan fingerprint density at radius 1 is 0.543 bits per heavy atom. The second-order valence-corrected chi connectivity index (χ2v) is 7.41. The summed E-state index contributed by atoms with van der Waals surface area (Å²) in [6, 6.07) is 7.19. The van der Waals surface area contributed by atoms with Crippen LogP contribution < -0.4 is 0 Å². The third-order valence-electron chi connectivity index (χ3n) is 5.03. The van der Waals surface area contributed by atoms with Crippen molar-refractivity contribution in [3.05, 3.63) is 71.5 Å². The predicted molar refractivity (Wildman–Crippen MR) is 91.2 cm³/mol. The van der Waals surface area contributed by atoms with Crippen molar-refractivity contribution >= 4 is 0 Å². The van der Waals surface area contributed by atoms with Crippen molar-refractivity contribution in [2.24, 2.45) is 0 Å². The molecule has 35 heavy (non-hydrogen) atoms. The van der Waals surface area contributed by atoms with Crippen molar-refractivity contribution in [3.8, 4) is 0 Å². The molecular formula is C20H12F14O. The van der Waals surface area contributed by atoms with Crippen molar-refractivity contribution in [3.63, 3.8) is 0 Å². The number of hydrogen-bond donors (Lipinski definition) is 1. The van der Waals surface area contributed by atoms with Crippen LogP contribution in [-0.4, -0.2) is 40.9 Å². The van der Waals surface area contributed by atoms with Crippen LogP contribution in [0, 0.1) is 5.82 Å². The van der Waals surface area contributed by atoms with E-state index in [-0.39, 0.29) is 0 Å². The molecule has 15 heteroatoms. The third-order valence-corrected chi connectivity index (χ3v) is 5.03. The van der Waals surface area contributed by atoms with E-state index in [9.17, 15) is 66.6 Å². The van der Waals surface area contributed by atoms with Crippen LogP contribution in [-0.2, 0) is 5.60 Å². The molecule has 2 rings (SSSR count). The zero-order valence-corrected chi connectivity index (χ0v) is 16.6. The van der Waals surface area contributed by atoms with Crippen molar-refractivity contribution in [2.45, 2.75) is 47.8 Å². The molecule has 0 aliphatic rings. The van der Waals surface area contributed by atoms with E-state index in [0.29, 0.717) is 18.2 Å². The fourth-order valence-electron chi connectivity index (χ4n) is 3.06. The van der Waals surface area contributed by atoms with Gasteiger partial charge in [0.1, 0.15) is 11.4 Å². The molecule has 0 saturated carbocycles. The maximum Gasteiger partial charge on any atom is 0.460 e. The molecule has 1 N–H and O–H groups in total. The van der Waals surface area contributed by atoms with Gasteiger partial charge in [0.05, 0.1) is 6.42 Å². The molecule has 0 heterocycles. The van der Waals surface area contributed by atoms with Crippen LogP contribution in [0.1, 0.15) is 17.5 Å². The van der Waals surface area contributed by atoms with Gasteiger partial charge in [0.2, 0.25) is 0 Å². The first-order valence-corrected chi connectivity index (χ1v) is 9.06. The molecule has 1 nitrogen and oxygen atoms in total. The quantitative estimate of drug-likeness (QED) is 0.356. The van der Waals surface area contributed by atoms with Crippen LogP contribution in [0.15, 0.2) is 54.6 Å². The summed E-state index contributed by atoms with van der Waals surface area (Å²) in [7, 11) is 0. The summed E-state index contributed by atoms with van der Waals surface area (Å²) in [5, 5.41) is 10.8. The normalized spacial score (nSPS) is 16.2. The van der Waals surface area contributed by atoms with Gasteiger partial charge in [0.15, 0.2) is 0 Å². The van der Waals surface area contributed by atoms with Crippen LogP contribution in [0.4, 0.5) is 61.5 Å². The van der Waals surface area contributed by atoms with Crippen molar-refractivity contribution in [1.29, 1.82) is 0 Å². The summed E-state index contributed by atoms with van der Waals surface area (Å²) >= 11 is 0. The van der Waals surface area contributed by atoms with E-state index in [1.807, 2.05) is 0 Å². The van der Waals surface area contributed by atoms with Gasteiger partial charge in [0, 0.05) is 0 Å². The van der Waals surface area contributed by atoms with Gasteiger partial charge >= 0.3 is 35.8 Å². The number of hydrogen-bond acceptors (Lipinski definition) is 1. The van der Waals surface area contributed by atoms with Gasteiger partial charge < -0.3 is 5.11 Å². The van der Waals surface area contributed by atoms with Gasteiger partial charge in [-0.2, -0.15) is 57.1 Å². The smallest absolute Gasteiger partial charge is 0.380 e. The Labute approximate surface area is 187 Å². The van der Waals surface area contributed by atoms with Crippen molar-refractivity contribution in [2.75, 3.05) is 0 Å². The summed E-state index contributed by atoms with van der Waals surface area (Å²) in [6.45, 7) is 0. The highest BCUT2D eigenvalue weighted by molar-refractivity contribution is 5.37. The Morgan fingerprint density at radius 2 is 1.00 bits per heavy atom. The molecule has 0 bridgehead atoms. The van der Waals surface area contributed by atoms with Crippen molar-refractivity contribution < 1.29 is 66.6 Å². The van der Waals surface area contributed by atoms with Crippen LogP contribution >= 0.6 is 0 Å². The molecule has 0 aliphatic heterocycles. The predicted octanol–water partition coefficient (Wildman–Crippen LogP) is 7.19. The highest BCUT2D eigenvalue weighted by atomic mass is 19.4. The molecule has 0 fully saturated rings. The molecule has 2 aromatic rings. The Morgan fingerprint density at radius 3 is 1.46 bits per heavy atom. The second-order valence-electron chi connectivity index (χ2n) is 7.41. The van der Waals surface area contributed by atoms with Gasteiger partial charge in [-0.05, 0) is 23.3 Å². The molecule has 0 amide bonds. The molecule has 0 saturated heterocycles. The van der Waals surface area contributed by atoms with E-state index in [1.165, 1.54) is 6.07 Å². The lowest BCUT2D eigenvalue weighted by atomic mass is 9.79. The van der Waals surface area contributed by atoms with Crippen LogP contribution in [0.25, 0.3) is 0 Å². The Hall–Kier alpha value is -2.58. The van der Waals surface area contributed by atoms with E-state index in [4.69, 9.17) is 0 Å². The Balaban J connectivity index is 2.67. The molecule has 1 atom stereocenters. The zero-order chi connectivity index (χ0) is 27.3. The molecular weight excluding hydrogens is 522 g/mol. The standard InChI is InChI=1S/C20H12F14O/c21-13-8-4-7-12(9-13)14(35,11-5-2-1-3-6-11)10-15(22,23)16(24,25)17(26,27)18(28,29)19(30,31)20(32,33)34/h1-9,35H,10H2. The summed E-state index contributed by atoms with van der Waals surface area (Å²) < 4.78 is 188. The van der Waals surface area contributed by atoms with E-state index in [1.54, 1.807) is 0 Å². The number of benzene rings is 2. The first-order chi connectivity index (χ1) is 15.6. The highest BCUT2D eigenvalue weighted by Gasteiger charge is 2.90. The largest absolute Gasteiger partial charge is 0.460 e. The van der Waals surface area contributed by atoms with Crippen LogP contribution in [0.3, 0.4) is 0 Å². The summed E-state index contributed by atoms with van der Waals surface area (Å²) in [6.07, 6.45) is -10.5. The zero-order valence-electron chi connectivity index (χ0n) is 16.6. The summed E-state index contributed by atoms with van der Waals surface area (Å²) in [5.74, 6) is -39.3. The Bertz CT molecular complexity index is 1030. The molecule has 0 aromatic heterocycles. The second kappa shape index (κ2) is 8.52. The maximum atomic E-state index is 14.5. The number of alkyl halides is 13. The molecule has 0 radical (unpaired) electrons. The molecule has 2 aromatic carbocycles.